The molecule has 0 heterocycles. The SMILES string of the molecule is CNC(=O)C(Cc1ccccc1)N(Cc1cccc(OC)c1)C(=O)CCc1ccccc1Cl. The zero-order valence-corrected chi connectivity index (χ0v) is 19.7. The standard InChI is InChI=1S/C27H29ClN2O3/c1-29-27(32)25(18-20-9-4-3-5-10-20)30(19-21-11-8-13-23(17-21)33-2)26(31)16-15-22-12-6-7-14-24(22)28/h3-14,17,25H,15-16,18-19H2,1-2H3,(H,29,32). The molecule has 33 heavy (non-hydrogen) atoms. The number of halogens is 1. The Morgan fingerprint density at radius 1 is 0.970 bits per heavy atom. The molecule has 1 atom stereocenters. The van der Waals surface area contributed by atoms with Gasteiger partial charge in [-0.3, -0.25) is 9.59 Å². The highest BCUT2D eigenvalue weighted by molar-refractivity contribution is 6.31. The number of hydrogen-bond donors (Lipinski definition) is 1. The predicted octanol–water partition coefficient (Wildman–Crippen LogP) is 4.67. The Labute approximate surface area is 200 Å². The van der Waals surface area contributed by atoms with E-state index >= 15 is 0 Å². The predicted molar refractivity (Wildman–Crippen MR) is 131 cm³/mol. The van der Waals surface area contributed by atoms with Gasteiger partial charge in [0.25, 0.3) is 0 Å². The fourth-order valence-corrected chi connectivity index (χ4v) is 4.00. The first-order valence-electron chi connectivity index (χ1n) is 10.9. The average Bonchev–Trinajstić information content (AvgIpc) is 2.85. The molecule has 2 amide bonds. The molecular weight excluding hydrogens is 436 g/mol. The molecule has 1 unspecified atom stereocenters. The number of benzene rings is 3. The third-order valence-corrected chi connectivity index (χ3v) is 5.94. The van der Waals surface area contributed by atoms with Gasteiger partial charge in [0.05, 0.1) is 7.11 Å². The van der Waals surface area contributed by atoms with Gasteiger partial charge in [0.2, 0.25) is 11.8 Å². The van der Waals surface area contributed by atoms with E-state index in [1.165, 1.54) is 0 Å². The second-order valence-electron chi connectivity index (χ2n) is 7.78. The topological polar surface area (TPSA) is 58.6 Å². The smallest absolute Gasteiger partial charge is 0.242 e. The summed E-state index contributed by atoms with van der Waals surface area (Å²) < 4.78 is 5.34. The third kappa shape index (κ3) is 6.83. The molecule has 0 saturated heterocycles. The number of ether oxygens (including phenoxy) is 1. The van der Waals surface area contributed by atoms with E-state index in [0.29, 0.717) is 30.2 Å². The van der Waals surface area contributed by atoms with Crippen LogP contribution in [0.3, 0.4) is 0 Å². The largest absolute Gasteiger partial charge is 0.497 e. The minimum absolute atomic E-state index is 0.109. The van der Waals surface area contributed by atoms with Gasteiger partial charge < -0.3 is 15.0 Å². The summed E-state index contributed by atoms with van der Waals surface area (Å²) in [4.78, 5) is 28.1. The maximum absolute atomic E-state index is 13.5. The van der Waals surface area contributed by atoms with Crippen molar-refractivity contribution in [2.75, 3.05) is 14.2 Å². The van der Waals surface area contributed by atoms with Crippen LogP contribution >= 0.6 is 11.6 Å². The Hall–Kier alpha value is -3.31. The summed E-state index contributed by atoms with van der Waals surface area (Å²) in [5.74, 6) is 0.394. The lowest BCUT2D eigenvalue weighted by molar-refractivity contribution is -0.141. The molecule has 172 valence electrons. The second kappa shape index (κ2) is 12.1. The van der Waals surface area contributed by atoms with E-state index in [9.17, 15) is 9.59 Å². The van der Waals surface area contributed by atoms with Crippen LogP contribution in [0, 0.1) is 0 Å². The summed E-state index contributed by atoms with van der Waals surface area (Å²) in [6.07, 6.45) is 1.16. The van der Waals surface area contributed by atoms with Gasteiger partial charge in [0.15, 0.2) is 0 Å². The van der Waals surface area contributed by atoms with Gasteiger partial charge in [-0.2, -0.15) is 0 Å². The molecule has 0 aliphatic rings. The third-order valence-electron chi connectivity index (χ3n) is 5.57. The number of carbonyl (C=O) groups is 2. The number of carbonyl (C=O) groups excluding carboxylic acids is 2. The van der Waals surface area contributed by atoms with Crippen molar-refractivity contribution in [3.63, 3.8) is 0 Å². The van der Waals surface area contributed by atoms with Crippen molar-refractivity contribution in [3.05, 3.63) is 101 Å². The van der Waals surface area contributed by atoms with Crippen LogP contribution in [0.2, 0.25) is 5.02 Å². The zero-order valence-electron chi connectivity index (χ0n) is 19.0. The molecule has 3 aromatic carbocycles. The highest BCUT2D eigenvalue weighted by Gasteiger charge is 2.29. The Balaban J connectivity index is 1.89. The van der Waals surface area contributed by atoms with Crippen molar-refractivity contribution in [1.29, 1.82) is 0 Å². The number of nitrogens with zero attached hydrogens (tertiary/aromatic N) is 1. The molecule has 0 aliphatic heterocycles. The lowest BCUT2D eigenvalue weighted by Crippen LogP contribution is -2.49. The zero-order chi connectivity index (χ0) is 23.6. The van der Waals surface area contributed by atoms with E-state index in [4.69, 9.17) is 16.3 Å². The normalized spacial score (nSPS) is 11.5. The molecule has 0 aliphatic carbocycles. The molecule has 0 spiro atoms. The Kier molecular flexibility index (Phi) is 8.90. The van der Waals surface area contributed by atoms with Crippen LogP contribution in [-0.2, 0) is 29.0 Å². The maximum atomic E-state index is 13.5. The molecule has 5 nitrogen and oxygen atoms in total. The van der Waals surface area contributed by atoms with Gasteiger partial charge in [-0.25, -0.2) is 0 Å². The van der Waals surface area contributed by atoms with E-state index < -0.39 is 6.04 Å². The minimum atomic E-state index is -0.651. The van der Waals surface area contributed by atoms with Gasteiger partial charge in [0.1, 0.15) is 11.8 Å². The van der Waals surface area contributed by atoms with Crippen LogP contribution in [0.4, 0.5) is 0 Å². The maximum Gasteiger partial charge on any atom is 0.242 e. The van der Waals surface area contributed by atoms with E-state index in [0.717, 1.165) is 16.7 Å². The van der Waals surface area contributed by atoms with E-state index in [1.807, 2.05) is 78.9 Å². The molecular formula is C27H29ClN2O3. The Morgan fingerprint density at radius 3 is 2.36 bits per heavy atom. The van der Waals surface area contributed by atoms with Crippen molar-refractivity contribution >= 4 is 23.4 Å². The fourth-order valence-electron chi connectivity index (χ4n) is 3.77. The number of likely N-dealkylation sites (N-methyl/N-ethyl adjacent to an activating group) is 1. The number of nitrogens with one attached hydrogen (secondary N) is 1. The van der Waals surface area contributed by atoms with Gasteiger partial charge in [-0.15, -0.1) is 0 Å². The van der Waals surface area contributed by atoms with Gasteiger partial charge in [0, 0.05) is 31.5 Å². The quantitative estimate of drug-likeness (QED) is 0.474. The minimum Gasteiger partial charge on any atom is -0.497 e. The van der Waals surface area contributed by atoms with E-state index in [2.05, 4.69) is 5.32 Å². The number of methoxy groups -OCH3 is 1. The molecule has 0 radical (unpaired) electrons. The number of hydrogen-bond acceptors (Lipinski definition) is 3. The Morgan fingerprint density at radius 2 is 1.67 bits per heavy atom. The van der Waals surface area contributed by atoms with Crippen LogP contribution in [0.5, 0.6) is 5.75 Å². The molecule has 3 aromatic rings. The van der Waals surface area contributed by atoms with E-state index in [1.54, 1.807) is 19.1 Å². The fraction of sp³-hybridized carbons (Fsp3) is 0.259. The first-order valence-corrected chi connectivity index (χ1v) is 11.3. The number of aryl methyl sites for hydroxylation is 1. The first kappa shape index (κ1) is 24.3. The van der Waals surface area contributed by atoms with Crippen LogP contribution in [0.1, 0.15) is 23.1 Å². The molecule has 0 fully saturated rings. The number of amides is 2. The van der Waals surface area contributed by atoms with Crippen molar-refractivity contribution in [1.82, 2.24) is 10.2 Å². The molecule has 1 N–H and O–H groups in total. The highest BCUT2D eigenvalue weighted by Crippen LogP contribution is 2.21. The monoisotopic (exact) mass is 464 g/mol. The highest BCUT2D eigenvalue weighted by atomic mass is 35.5. The summed E-state index contributed by atoms with van der Waals surface area (Å²) in [7, 11) is 3.20. The summed E-state index contributed by atoms with van der Waals surface area (Å²) in [6, 6.07) is 24.1. The summed E-state index contributed by atoms with van der Waals surface area (Å²) in [5, 5.41) is 3.37. The average molecular weight is 465 g/mol. The summed E-state index contributed by atoms with van der Waals surface area (Å²) in [6.45, 7) is 0.295. The van der Waals surface area contributed by atoms with Gasteiger partial charge in [-0.1, -0.05) is 72.3 Å². The van der Waals surface area contributed by atoms with Crippen LogP contribution in [-0.4, -0.2) is 36.9 Å². The Bertz CT molecular complexity index is 1070. The van der Waals surface area contributed by atoms with Gasteiger partial charge >= 0.3 is 0 Å². The molecule has 0 saturated carbocycles. The van der Waals surface area contributed by atoms with Crippen LogP contribution in [0.25, 0.3) is 0 Å². The van der Waals surface area contributed by atoms with Crippen LogP contribution in [0.15, 0.2) is 78.9 Å². The number of rotatable bonds is 10. The van der Waals surface area contributed by atoms with Crippen molar-refractivity contribution < 1.29 is 14.3 Å². The first-order chi connectivity index (χ1) is 16.0. The van der Waals surface area contributed by atoms with Gasteiger partial charge in [-0.05, 0) is 41.3 Å². The molecule has 3 rings (SSSR count). The molecule has 0 bridgehead atoms. The lowest BCUT2D eigenvalue weighted by Gasteiger charge is -2.31. The van der Waals surface area contributed by atoms with Crippen molar-refractivity contribution in [3.8, 4) is 5.75 Å². The molecule has 0 aromatic heterocycles. The second-order valence-corrected chi connectivity index (χ2v) is 8.19. The summed E-state index contributed by atoms with van der Waals surface area (Å²) in [5.41, 5.74) is 2.79. The van der Waals surface area contributed by atoms with Crippen molar-refractivity contribution in [2.45, 2.75) is 31.8 Å². The summed E-state index contributed by atoms with van der Waals surface area (Å²) >= 11 is 6.29. The molecule has 6 heteroatoms. The van der Waals surface area contributed by atoms with Crippen LogP contribution < -0.4 is 10.1 Å². The lowest BCUT2D eigenvalue weighted by atomic mass is 10.0. The van der Waals surface area contributed by atoms with Crippen molar-refractivity contribution in [2.24, 2.45) is 0 Å². The van der Waals surface area contributed by atoms with E-state index in [-0.39, 0.29) is 18.2 Å².